The molecule has 26 nitrogen and oxygen atoms in total. The number of carbonyl (C=O) groups is 9. The molecule has 7 aliphatic rings. The predicted octanol–water partition coefficient (Wildman–Crippen LogP) is 14.8. The average molecular weight is 1900 g/mol. The second-order valence-electron chi connectivity index (χ2n) is 38.6. The van der Waals surface area contributed by atoms with Crippen LogP contribution in [0.2, 0.25) is 0 Å². The number of nitrogens with one attached hydrogen (secondary N) is 8. The number of amides is 7. The number of anilines is 3. The van der Waals surface area contributed by atoms with Gasteiger partial charge in [-0.3, -0.25) is 48.6 Å². The summed E-state index contributed by atoms with van der Waals surface area (Å²) in [5.41, 5.74) is 32.4. The van der Waals surface area contributed by atoms with Gasteiger partial charge < -0.3 is 72.4 Å². The van der Waals surface area contributed by atoms with Crippen molar-refractivity contribution in [3.63, 3.8) is 0 Å². The zero-order valence-corrected chi connectivity index (χ0v) is 82.5. The number of benzene rings is 7. The van der Waals surface area contributed by atoms with Crippen LogP contribution in [-0.4, -0.2) is 172 Å². The van der Waals surface area contributed by atoms with E-state index in [0.717, 1.165) is 117 Å². The summed E-state index contributed by atoms with van der Waals surface area (Å²) in [6, 6.07) is 50.9. The topological polar surface area (TPSA) is 358 Å². The first-order valence-corrected chi connectivity index (χ1v) is 50.5. The molecule has 6 aromatic carbocycles. The molecule has 732 valence electrons. The number of guanidine groups is 1. The third-order valence-electron chi connectivity index (χ3n) is 27.8. The van der Waals surface area contributed by atoms with Gasteiger partial charge in [0.25, 0.3) is 0 Å². The smallest absolute Gasteiger partial charge is 0.246 e. The van der Waals surface area contributed by atoms with Crippen molar-refractivity contribution in [1.29, 1.82) is 5.41 Å². The Hall–Kier alpha value is -12.3. The summed E-state index contributed by atoms with van der Waals surface area (Å²) >= 11 is 4.04. The number of para-hydroxylation sites is 2. The van der Waals surface area contributed by atoms with Gasteiger partial charge in [-0.15, -0.1) is 0 Å². The molecule has 13 rings (SSSR count). The van der Waals surface area contributed by atoms with Gasteiger partial charge in [-0.05, 0) is 202 Å². The third kappa shape index (κ3) is 27.2. The number of nitrogens with zero attached hydrogens (tertiary/aromatic N) is 4. The molecule has 0 aromatic heterocycles. The van der Waals surface area contributed by atoms with E-state index in [2.05, 4.69) is 293 Å². The number of allylic oxidation sites excluding steroid dienone is 6. The normalized spacial score (nSPS) is 17.0. The largest absolute Gasteiger partial charge is 0.456 e. The van der Waals surface area contributed by atoms with Crippen molar-refractivity contribution in [3.8, 4) is 22.5 Å². The molecule has 0 unspecified atom stereocenters. The Kier molecular flexibility index (Phi) is 37.2. The monoisotopic (exact) mass is 1900 g/mol. The molecular formula is C111H142N14O12S+2. The molecule has 138 heavy (non-hydrogen) atoms. The summed E-state index contributed by atoms with van der Waals surface area (Å²) in [6.45, 7) is 19.6. The van der Waals surface area contributed by atoms with E-state index in [4.69, 9.17) is 30.8 Å². The van der Waals surface area contributed by atoms with Gasteiger partial charge in [-0.1, -0.05) is 135 Å². The fourth-order valence-corrected chi connectivity index (χ4v) is 20.5. The molecule has 5 aliphatic heterocycles. The minimum Gasteiger partial charge on any atom is -0.456 e. The van der Waals surface area contributed by atoms with Crippen molar-refractivity contribution >= 4 is 117 Å². The highest BCUT2D eigenvalue weighted by atomic mass is 32.1. The van der Waals surface area contributed by atoms with Crippen LogP contribution in [-0.2, 0) is 82.7 Å². The summed E-state index contributed by atoms with van der Waals surface area (Å²) < 4.78 is 22.9. The standard InChI is InChI=1S/C111H140N14O12S/c1-8-122-95-50-39-74(2)65-89(95)110(4,5)99(122)36-13-9-14-37-100-111(6,7)90-66-75(3)40-51-96(90)125(100)59-25-11-15-38-101(128)115-55-24-22-33-91(108(134)117-58-62-135-63-64-136-72-103(130)120-92(73-138)105(112)131)121-107(133)81(30-26-57-118-109(113)114)68-85(127)71-119-102(129)52-47-84(126)31-12-10-23-56-116-106(132)79-43-41-76(42-44-79)67-80-29-16-19-32-86(80)104-87-48-45-82(123-60-53-77-27-17-20-34-93(77)123)69-97(87)137-98-70-83(46-49-88(98)104)124-61-54-78-28-18-21-35-94(78)124/h9,13-14,16-21,27-29,32,34-37,39-40,45-46,48-51,65-66,69-70,76,79,81,91-92H,8,10-12,15,22-26,30-31,33,38,41-44,47,52-64,67-68,71-73H2,1-7H3,(H11-2,112,113,114,115,116,117,118,119,120,121,128,129,130,131,132,133,134,138)/p+2/t76?,79?,81-,91+,92+/m1/s1. The third-order valence-corrected chi connectivity index (χ3v) is 28.2. The summed E-state index contributed by atoms with van der Waals surface area (Å²) in [6.07, 6.45) is 23.4. The Bertz CT molecular complexity index is 5880. The number of carbonyl (C=O) groups excluding carboxylic acids is 9. The summed E-state index contributed by atoms with van der Waals surface area (Å²) in [5.74, 6) is -3.43. The Balaban J connectivity index is 0.536. The Morgan fingerprint density at radius 2 is 1.32 bits per heavy atom. The van der Waals surface area contributed by atoms with E-state index < -0.39 is 59.9 Å². The highest BCUT2D eigenvalue weighted by molar-refractivity contribution is 7.80. The van der Waals surface area contributed by atoms with Crippen molar-refractivity contribution in [2.75, 3.05) is 101 Å². The maximum absolute atomic E-state index is 14.4. The number of thiol groups is 1. The van der Waals surface area contributed by atoms with Crippen LogP contribution in [0.1, 0.15) is 202 Å². The Morgan fingerprint density at radius 3 is 2.12 bits per heavy atom. The number of hydrogen-bond acceptors (Lipinski definition) is 16. The van der Waals surface area contributed by atoms with Crippen LogP contribution in [0.25, 0.3) is 33.4 Å². The molecule has 7 amide bonds. The van der Waals surface area contributed by atoms with Crippen LogP contribution in [0.15, 0.2) is 186 Å². The molecule has 5 heterocycles. The quantitative estimate of drug-likeness (QED) is 0.00321. The molecule has 0 bridgehead atoms. The zero-order chi connectivity index (χ0) is 97.8. The zero-order valence-electron chi connectivity index (χ0n) is 81.6. The van der Waals surface area contributed by atoms with Crippen LogP contribution < -0.4 is 68.4 Å². The maximum atomic E-state index is 14.4. The van der Waals surface area contributed by atoms with E-state index >= 15 is 0 Å². The van der Waals surface area contributed by atoms with Crippen molar-refractivity contribution in [2.45, 2.75) is 219 Å². The van der Waals surface area contributed by atoms with Gasteiger partial charge in [0.05, 0.1) is 37.8 Å². The second kappa shape index (κ2) is 49.8. The summed E-state index contributed by atoms with van der Waals surface area (Å²) in [4.78, 5) is 124. The van der Waals surface area contributed by atoms with Crippen molar-refractivity contribution in [2.24, 2.45) is 29.2 Å². The fourth-order valence-electron chi connectivity index (χ4n) is 20.3. The number of nitrogens with two attached hydrogens (primary N) is 2. The molecule has 1 saturated carbocycles. The number of aryl methyl sites for hydroxylation is 2. The molecule has 27 heteroatoms. The molecule has 12 N–H and O–H groups in total. The maximum Gasteiger partial charge on any atom is 0.246 e. The summed E-state index contributed by atoms with van der Waals surface area (Å²) in [5, 5.41) is 29.6. The number of Topliss-reactive ketones (excluding diaryl/α,β-unsaturated/α-hetero) is 2. The average Bonchev–Trinajstić information content (AvgIpc) is 0.810. The molecule has 0 saturated heterocycles. The molecule has 0 spiro atoms. The first kappa shape index (κ1) is 103. The van der Waals surface area contributed by atoms with E-state index in [1.165, 1.54) is 84.2 Å². The van der Waals surface area contributed by atoms with Gasteiger partial charge in [-0.2, -0.15) is 21.8 Å². The lowest BCUT2D eigenvalue weighted by molar-refractivity contribution is -0.433. The van der Waals surface area contributed by atoms with Crippen LogP contribution in [0.5, 0.6) is 0 Å². The molecular weight excluding hydrogens is 1750 g/mol. The Morgan fingerprint density at radius 1 is 0.594 bits per heavy atom. The predicted molar refractivity (Wildman–Crippen MR) is 550 cm³/mol. The van der Waals surface area contributed by atoms with Crippen molar-refractivity contribution in [3.05, 3.63) is 226 Å². The first-order chi connectivity index (χ1) is 66.7. The fraction of sp³-hybridized carbons (Fsp3) is 0.459. The van der Waals surface area contributed by atoms with E-state index in [1.807, 2.05) is 0 Å². The minimum atomic E-state index is -1.07. The Labute approximate surface area is 818 Å². The van der Waals surface area contributed by atoms with Gasteiger partial charge in [0.2, 0.25) is 58.1 Å². The van der Waals surface area contributed by atoms with E-state index in [1.54, 1.807) is 0 Å². The molecule has 3 atom stereocenters. The number of primary amides is 1. The lowest BCUT2D eigenvalue weighted by Crippen LogP contribution is -2.49. The molecule has 6 aromatic rings. The molecule has 0 radical (unpaired) electrons. The van der Waals surface area contributed by atoms with Gasteiger partial charge in [0.1, 0.15) is 42.4 Å². The number of ether oxygens (including phenoxy) is 2. The first-order valence-electron chi connectivity index (χ1n) is 49.9. The van der Waals surface area contributed by atoms with Crippen LogP contribution in [0.4, 0.5) is 28.4 Å². The highest BCUT2D eigenvalue weighted by Gasteiger charge is 2.45. The SMILES string of the molecule is CC[N+]1=C(/C=C/C=C/C=C2/N(CCCCCC(=O)NCCCC[C@H](NC(=O)[C@H](CCCNC(=N)N)CC(=O)CNC(=O)CCC(=O)CCCCCNC(=O)C3CCC(Cc4ccccc4-c4c5ccc(=[N+]6CCc7ccccc76)cc-5oc5cc(N6CCc7ccccc76)ccc45)CC3)C(=O)NCCOCCOCC(=O)N[C@@H](CS)C(N)=O)c3ccc(C)cc3C2(C)C)C(C)(C)c2cc(C)ccc21. The van der Waals surface area contributed by atoms with E-state index in [0.29, 0.717) is 70.4 Å². The van der Waals surface area contributed by atoms with Crippen molar-refractivity contribution in [1.82, 2.24) is 41.8 Å². The van der Waals surface area contributed by atoms with Crippen LogP contribution >= 0.6 is 12.6 Å². The number of fused-ring (bicyclic) bond motifs is 6. The van der Waals surface area contributed by atoms with E-state index in [9.17, 15) is 43.2 Å². The van der Waals surface area contributed by atoms with Crippen molar-refractivity contribution < 1.29 is 61.6 Å². The molecule has 2 aliphatic carbocycles. The number of unbranched alkanes of at least 4 members (excludes halogenated alkanes) is 5. The summed E-state index contributed by atoms with van der Waals surface area (Å²) in [7, 11) is 0. The van der Waals surface area contributed by atoms with Gasteiger partial charge in [-0.25, -0.2) is 0 Å². The highest BCUT2D eigenvalue weighted by Crippen LogP contribution is 2.50. The van der Waals surface area contributed by atoms with Crippen LogP contribution in [0.3, 0.4) is 0 Å². The van der Waals surface area contributed by atoms with Gasteiger partial charge in [0.15, 0.2) is 24.0 Å². The second-order valence-corrected chi connectivity index (χ2v) is 38.9. The number of rotatable bonds is 51. The number of hydrogen-bond donors (Lipinski definition) is 11. The number of ketones is 2. The molecule has 1 fully saturated rings. The van der Waals surface area contributed by atoms with Gasteiger partial charge >= 0.3 is 0 Å². The lowest BCUT2D eigenvalue weighted by atomic mass is 9.77. The van der Waals surface area contributed by atoms with Crippen LogP contribution in [0, 0.1) is 37.0 Å². The van der Waals surface area contributed by atoms with Gasteiger partial charge in [0, 0.05) is 182 Å². The van der Waals surface area contributed by atoms with E-state index in [-0.39, 0.29) is 124 Å². The lowest BCUT2D eigenvalue weighted by Gasteiger charge is -2.29. The minimum absolute atomic E-state index is 0.0175.